The van der Waals surface area contributed by atoms with Crippen molar-refractivity contribution in [3.8, 4) is 11.5 Å². The van der Waals surface area contributed by atoms with E-state index in [-0.39, 0.29) is 19.3 Å². The number of hydrogen-bond acceptors (Lipinski definition) is 5. The summed E-state index contributed by atoms with van der Waals surface area (Å²) in [6.07, 6.45) is -0.901. The van der Waals surface area contributed by atoms with E-state index in [1.807, 2.05) is 13.0 Å². The minimum Gasteiger partial charge on any atom is -0.497 e. The van der Waals surface area contributed by atoms with Crippen molar-refractivity contribution in [2.45, 2.75) is 19.1 Å². The summed E-state index contributed by atoms with van der Waals surface area (Å²) in [6, 6.07) is 5.16. The molecule has 0 aliphatic rings. The van der Waals surface area contributed by atoms with Crippen LogP contribution in [0.5, 0.6) is 11.5 Å². The highest BCUT2D eigenvalue weighted by atomic mass is 16.5. The van der Waals surface area contributed by atoms with Crippen molar-refractivity contribution in [3.05, 3.63) is 23.8 Å². The second-order valence-corrected chi connectivity index (χ2v) is 3.84. The van der Waals surface area contributed by atoms with Crippen LogP contribution in [0.3, 0.4) is 0 Å². The van der Waals surface area contributed by atoms with Gasteiger partial charge in [-0.2, -0.15) is 0 Å². The fourth-order valence-electron chi connectivity index (χ4n) is 1.38. The quantitative estimate of drug-likeness (QED) is 0.673. The van der Waals surface area contributed by atoms with Crippen LogP contribution in [0.4, 0.5) is 0 Å². The van der Waals surface area contributed by atoms with Gasteiger partial charge in [0.1, 0.15) is 24.2 Å². The van der Waals surface area contributed by atoms with Gasteiger partial charge in [0.15, 0.2) is 0 Å². The first-order valence-corrected chi connectivity index (χ1v) is 5.43. The molecule has 0 radical (unpaired) electrons. The molecule has 1 rings (SSSR count). The Labute approximate surface area is 101 Å². The molecule has 17 heavy (non-hydrogen) atoms. The van der Waals surface area contributed by atoms with Crippen molar-refractivity contribution < 1.29 is 19.7 Å². The van der Waals surface area contributed by atoms with E-state index in [2.05, 4.69) is 0 Å². The molecule has 5 nitrogen and oxygen atoms in total. The van der Waals surface area contributed by atoms with Crippen molar-refractivity contribution in [2.24, 2.45) is 5.73 Å². The third-order valence-electron chi connectivity index (χ3n) is 2.35. The molecule has 0 fully saturated rings. The molecule has 1 aromatic carbocycles. The Morgan fingerprint density at radius 1 is 1.41 bits per heavy atom. The molecule has 4 N–H and O–H groups in total. The molecule has 2 atom stereocenters. The third-order valence-corrected chi connectivity index (χ3v) is 2.35. The van der Waals surface area contributed by atoms with Crippen LogP contribution < -0.4 is 15.2 Å². The van der Waals surface area contributed by atoms with Crippen molar-refractivity contribution in [3.63, 3.8) is 0 Å². The van der Waals surface area contributed by atoms with Gasteiger partial charge < -0.3 is 25.4 Å². The number of benzene rings is 1. The molecular weight excluding hydrogens is 222 g/mol. The van der Waals surface area contributed by atoms with Gasteiger partial charge in [-0.25, -0.2) is 0 Å². The number of rotatable bonds is 6. The van der Waals surface area contributed by atoms with Crippen molar-refractivity contribution >= 4 is 0 Å². The summed E-state index contributed by atoms with van der Waals surface area (Å²) in [7, 11) is 1.56. The number of hydrogen-bond donors (Lipinski definition) is 3. The van der Waals surface area contributed by atoms with Crippen LogP contribution in [0.25, 0.3) is 0 Å². The molecule has 5 heteroatoms. The predicted molar refractivity (Wildman–Crippen MR) is 64.2 cm³/mol. The van der Waals surface area contributed by atoms with E-state index in [0.717, 1.165) is 5.56 Å². The van der Waals surface area contributed by atoms with Crippen molar-refractivity contribution in [1.82, 2.24) is 0 Å². The van der Waals surface area contributed by atoms with Gasteiger partial charge in [0.25, 0.3) is 0 Å². The summed E-state index contributed by atoms with van der Waals surface area (Å²) >= 11 is 0. The first kappa shape index (κ1) is 13.8. The van der Waals surface area contributed by atoms with Crippen LogP contribution in [0.1, 0.15) is 18.5 Å². The Hall–Kier alpha value is -1.30. The summed E-state index contributed by atoms with van der Waals surface area (Å²) in [5.41, 5.74) is 6.64. The highest BCUT2D eigenvalue weighted by molar-refractivity contribution is 5.42. The number of methoxy groups -OCH3 is 1. The van der Waals surface area contributed by atoms with Gasteiger partial charge in [0, 0.05) is 17.7 Å². The molecule has 0 spiro atoms. The lowest BCUT2D eigenvalue weighted by Crippen LogP contribution is -2.22. The Kier molecular flexibility index (Phi) is 5.21. The standard InChI is InChI=1S/C12H19NO4/c1-8(13)11-4-3-10(16-2)5-12(11)17-7-9(15)6-14/h3-5,8-9,14-15H,6-7,13H2,1-2H3/t8-,9?/m0/s1. The van der Waals surface area contributed by atoms with Crippen LogP contribution in [0.15, 0.2) is 18.2 Å². The maximum Gasteiger partial charge on any atom is 0.127 e. The molecule has 0 bridgehead atoms. The Morgan fingerprint density at radius 2 is 2.12 bits per heavy atom. The number of nitrogens with two attached hydrogens (primary N) is 1. The van der Waals surface area contributed by atoms with Gasteiger partial charge >= 0.3 is 0 Å². The summed E-state index contributed by atoms with van der Waals surface area (Å²) in [5, 5.41) is 18.0. The van der Waals surface area contributed by atoms with Crippen molar-refractivity contribution in [2.75, 3.05) is 20.3 Å². The topological polar surface area (TPSA) is 84.9 Å². The van der Waals surface area contributed by atoms with E-state index in [4.69, 9.17) is 20.3 Å². The van der Waals surface area contributed by atoms with E-state index in [0.29, 0.717) is 11.5 Å². The van der Waals surface area contributed by atoms with Crippen molar-refractivity contribution in [1.29, 1.82) is 0 Å². The third kappa shape index (κ3) is 3.89. The summed E-state index contributed by atoms with van der Waals surface area (Å²) in [4.78, 5) is 0. The van der Waals surface area contributed by atoms with E-state index in [1.165, 1.54) is 0 Å². The second-order valence-electron chi connectivity index (χ2n) is 3.84. The normalized spacial score (nSPS) is 14.2. The lowest BCUT2D eigenvalue weighted by atomic mass is 10.1. The smallest absolute Gasteiger partial charge is 0.127 e. The lowest BCUT2D eigenvalue weighted by Gasteiger charge is -2.16. The summed E-state index contributed by atoms with van der Waals surface area (Å²) in [6.45, 7) is 1.53. The van der Waals surface area contributed by atoms with Crippen LogP contribution in [0.2, 0.25) is 0 Å². The van der Waals surface area contributed by atoms with E-state index >= 15 is 0 Å². The highest BCUT2D eigenvalue weighted by Crippen LogP contribution is 2.28. The number of ether oxygens (including phenoxy) is 2. The van der Waals surface area contributed by atoms with Gasteiger partial charge in [0.05, 0.1) is 13.7 Å². The van der Waals surface area contributed by atoms with Gasteiger partial charge in [-0.05, 0) is 13.0 Å². The zero-order valence-electron chi connectivity index (χ0n) is 10.1. The van der Waals surface area contributed by atoms with E-state index in [9.17, 15) is 5.11 Å². The highest BCUT2D eigenvalue weighted by Gasteiger charge is 2.11. The first-order valence-electron chi connectivity index (χ1n) is 5.43. The van der Waals surface area contributed by atoms with Gasteiger partial charge in [-0.15, -0.1) is 0 Å². The molecule has 0 heterocycles. The van der Waals surface area contributed by atoms with Crippen LogP contribution in [-0.2, 0) is 0 Å². The molecule has 1 aromatic rings. The average Bonchev–Trinajstić information content (AvgIpc) is 2.35. The minimum atomic E-state index is -0.901. The molecule has 96 valence electrons. The minimum absolute atomic E-state index is 0.0172. The Bertz CT molecular complexity index is 354. The molecular formula is C12H19NO4. The Morgan fingerprint density at radius 3 is 2.65 bits per heavy atom. The zero-order valence-corrected chi connectivity index (χ0v) is 10.1. The second kappa shape index (κ2) is 6.44. The largest absolute Gasteiger partial charge is 0.497 e. The molecule has 0 saturated carbocycles. The lowest BCUT2D eigenvalue weighted by molar-refractivity contribution is 0.0531. The SMILES string of the molecule is COc1ccc([C@H](C)N)c(OCC(O)CO)c1. The molecule has 0 amide bonds. The fourth-order valence-corrected chi connectivity index (χ4v) is 1.38. The van der Waals surface area contributed by atoms with Crippen LogP contribution in [0, 0.1) is 0 Å². The first-order chi connectivity index (χ1) is 8.08. The van der Waals surface area contributed by atoms with E-state index in [1.54, 1.807) is 19.2 Å². The van der Waals surface area contributed by atoms with Crippen LogP contribution >= 0.6 is 0 Å². The van der Waals surface area contributed by atoms with Gasteiger partial charge in [0.2, 0.25) is 0 Å². The maximum absolute atomic E-state index is 9.24. The average molecular weight is 241 g/mol. The maximum atomic E-state index is 9.24. The summed E-state index contributed by atoms with van der Waals surface area (Å²) in [5.74, 6) is 1.22. The van der Waals surface area contributed by atoms with Gasteiger partial charge in [-0.3, -0.25) is 0 Å². The molecule has 0 saturated heterocycles. The number of aliphatic hydroxyl groups excluding tert-OH is 2. The van der Waals surface area contributed by atoms with Gasteiger partial charge in [-0.1, -0.05) is 6.07 Å². The fraction of sp³-hybridized carbons (Fsp3) is 0.500. The zero-order chi connectivity index (χ0) is 12.8. The molecule has 0 aromatic heterocycles. The molecule has 1 unspecified atom stereocenters. The molecule has 0 aliphatic carbocycles. The predicted octanol–water partition coefficient (Wildman–Crippen LogP) is 0.447. The summed E-state index contributed by atoms with van der Waals surface area (Å²) < 4.78 is 10.5. The molecule has 0 aliphatic heterocycles. The Balaban J connectivity index is 2.85. The monoisotopic (exact) mass is 241 g/mol. The number of aliphatic hydroxyl groups is 2. The van der Waals surface area contributed by atoms with E-state index < -0.39 is 6.10 Å². The van der Waals surface area contributed by atoms with Crippen LogP contribution in [-0.4, -0.2) is 36.6 Å².